The van der Waals surface area contributed by atoms with Crippen molar-refractivity contribution in [3.8, 4) is 0 Å². The molecule has 1 atom stereocenters. The van der Waals surface area contributed by atoms with Crippen LogP contribution >= 0.6 is 0 Å². The summed E-state index contributed by atoms with van der Waals surface area (Å²) in [5, 5.41) is 18.7. The number of hydrogen-bond donors (Lipinski definition) is 16. The largest absolute Gasteiger partial charge is 0.472 e. The molecule has 1 saturated heterocycles. The third-order valence-corrected chi connectivity index (χ3v) is 20.1. The molecule has 123 heavy (non-hydrogen) atoms. The number of carbonyl (C=O) groups is 8. The quantitative estimate of drug-likeness (QED) is 0.0138. The zero-order valence-electron chi connectivity index (χ0n) is 73.1. The number of rotatable bonds is 33. The molecule has 670 valence electrons. The minimum Gasteiger partial charge on any atom is -0.472 e. The lowest BCUT2D eigenvalue weighted by atomic mass is 10.1. The first-order valence-electron chi connectivity index (χ1n) is 40.8. The number of carbonyl (C=O) groups excluding carboxylic acids is 8. The third kappa shape index (κ3) is 32.3. The minimum absolute atomic E-state index is 0.0145. The number of methoxy groups -OCH3 is 1. The van der Waals surface area contributed by atoms with Crippen molar-refractivity contribution in [2.24, 2.45) is 40.1 Å². The van der Waals surface area contributed by atoms with Crippen molar-refractivity contribution in [3.05, 3.63) is 190 Å². The number of aliphatic hydroxyl groups is 2. The molecule has 0 radical (unpaired) electrons. The fourth-order valence-corrected chi connectivity index (χ4v) is 13.4. The lowest BCUT2D eigenvalue weighted by Crippen LogP contribution is -2.36. The lowest BCUT2D eigenvalue weighted by molar-refractivity contribution is -0.127. The van der Waals surface area contributed by atoms with E-state index in [1.54, 1.807) is 125 Å². The van der Waals surface area contributed by atoms with E-state index in [0.29, 0.717) is 118 Å². The van der Waals surface area contributed by atoms with Gasteiger partial charge in [-0.1, -0.05) is 33.6 Å². The summed E-state index contributed by atoms with van der Waals surface area (Å²) in [6, 6.07) is 39.6. The first-order valence-corrected chi connectivity index (χ1v) is 40.8. The Morgan fingerprint density at radius 2 is 0.854 bits per heavy atom. The number of anilines is 14. The van der Waals surface area contributed by atoms with Crippen molar-refractivity contribution in [1.29, 1.82) is 0 Å². The van der Waals surface area contributed by atoms with Crippen LogP contribution in [0.15, 0.2) is 150 Å². The van der Waals surface area contributed by atoms with Crippen LogP contribution in [-0.4, -0.2) is 188 Å². The molecule has 2 heterocycles. The van der Waals surface area contributed by atoms with E-state index in [9.17, 15) is 48.6 Å². The number of furan rings is 1. The SMILES string of the molecule is CCCN(CCC)c1ccc(N)c(C(N)=O)c1.CCCN(c1ccc(N)c(C(N)=O)c1)C(C)C.CCN(CC(=O)N(C)C)c1ccc(N)c(C(N)=O)c1.CN(Cc1ccoc1)c1ccc(N)c(C(N)=O)c1.COCCCN(C)c1ccc(N)c(C(N)=O)c1.NC(=O)c1cc(N(CCO)C2CCCC2)ccc1N.NC(=O)c1cc(N2CCC(O)C2)ccc1N. The predicted molar refractivity (Wildman–Crippen MR) is 498 cm³/mol. The van der Waals surface area contributed by atoms with Crippen molar-refractivity contribution in [1.82, 2.24) is 4.90 Å². The van der Waals surface area contributed by atoms with E-state index in [1.807, 2.05) is 83.1 Å². The molecule has 1 unspecified atom stereocenters. The van der Waals surface area contributed by atoms with Crippen molar-refractivity contribution in [2.75, 3.05) is 182 Å². The fourth-order valence-electron chi connectivity index (χ4n) is 13.4. The average molecular weight is 1700 g/mol. The molecule has 34 nitrogen and oxygen atoms in total. The zero-order valence-corrected chi connectivity index (χ0v) is 73.1. The molecule has 1 aliphatic carbocycles. The summed E-state index contributed by atoms with van der Waals surface area (Å²) in [6.45, 7) is 20.6. The summed E-state index contributed by atoms with van der Waals surface area (Å²) in [7, 11) is 8.95. The minimum atomic E-state index is -0.575. The average Bonchev–Trinajstić information content (AvgIpc) is 1.81. The summed E-state index contributed by atoms with van der Waals surface area (Å²) in [5.41, 5.74) is 89.4. The Bertz CT molecular complexity index is 4730. The molecule has 8 aromatic rings. The van der Waals surface area contributed by atoms with Gasteiger partial charge in [0.05, 0.1) is 70.7 Å². The smallest absolute Gasteiger partial charge is 0.250 e. The molecular formula is C89H132N22O12. The number of primary amides is 7. The zero-order chi connectivity index (χ0) is 91.9. The van der Waals surface area contributed by atoms with Gasteiger partial charge in [-0.2, -0.15) is 0 Å². The van der Waals surface area contributed by atoms with Gasteiger partial charge in [0.1, 0.15) is 0 Å². The van der Waals surface area contributed by atoms with Crippen molar-refractivity contribution < 1.29 is 57.7 Å². The Morgan fingerprint density at radius 1 is 0.472 bits per heavy atom. The Hall–Kier alpha value is -13.3. The third-order valence-electron chi connectivity index (χ3n) is 20.1. The van der Waals surface area contributed by atoms with Gasteiger partial charge in [-0.15, -0.1) is 0 Å². The van der Waals surface area contributed by atoms with Crippen LogP contribution in [0.3, 0.4) is 0 Å². The van der Waals surface area contributed by atoms with Crippen LogP contribution < -0.4 is 115 Å². The van der Waals surface area contributed by atoms with Crippen LogP contribution in [0.5, 0.6) is 0 Å². The Labute approximate surface area is 722 Å². The van der Waals surface area contributed by atoms with E-state index in [1.165, 1.54) is 17.7 Å². The van der Waals surface area contributed by atoms with Gasteiger partial charge in [0.25, 0.3) is 41.4 Å². The first-order chi connectivity index (χ1) is 58.3. The highest BCUT2D eigenvalue weighted by Crippen LogP contribution is 2.32. The van der Waals surface area contributed by atoms with Gasteiger partial charge in [-0.25, -0.2) is 0 Å². The van der Waals surface area contributed by atoms with Gasteiger partial charge in [0.15, 0.2) is 0 Å². The molecule has 30 N–H and O–H groups in total. The number of hydrogen-bond acceptors (Lipinski definition) is 26. The number of nitrogens with two attached hydrogens (primary N) is 14. The van der Waals surface area contributed by atoms with E-state index < -0.39 is 41.4 Å². The molecule has 0 bridgehead atoms. The van der Waals surface area contributed by atoms with Gasteiger partial charge in [0, 0.05) is 198 Å². The summed E-state index contributed by atoms with van der Waals surface area (Å²) >= 11 is 0. The normalized spacial score (nSPS) is 12.4. The second-order valence-electron chi connectivity index (χ2n) is 30.0. The molecule has 2 fully saturated rings. The van der Waals surface area contributed by atoms with Gasteiger partial charge in [-0.3, -0.25) is 38.4 Å². The summed E-state index contributed by atoms with van der Waals surface area (Å²) < 4.78 is 10.00. The van der Waals surface area contributed by atoms with E-state index in [2.05, 4.69) is 49.3 Å². The summed E-state index contributed by atoms with van der Waals surface area (Å²) in [6.07, 6.45) is 12.5. The summed E-state index contributed by atoms with van der Waals surface area (Å²) in [5.74, 6) is -3.62. The number of β-amino-alcohol motifs (C(OH)–C–C–N with tert-alkyl or cyclic N) is 1. The van der Waals surface area contributed by atoms with Gasteiger partial charge < -0.3 is 139 Å². The van der Waals surface area contributed by atoms with E-state index in [0.717, 1.165) is 123 Å². The van der Waals surface area contributed by atoms with E-state index in [-0.39, 0.29) is 30.7 Å². The second kappa shape index (κ2) is 51.3. The Kier molecular flexibility index (Phi) is 42.6. The van der Waals surface area contributed by atoms with Gasteiger partial charge >= 0.3 is 0 Å². The second-order valence-corrected chi connectivity index (χ2v) is 30.0. The van der Waals surface area contributed by atoms with Crippen LogP contribution in [-0.2, 0) is 16.1 Å². The number of ether oxygens (including phenoxy) is 1. The highest BCUT2D eigenvalue weighted by atomic mass is 16.5. The van der Waals surface area contributed by atoms with Crippen LogP contribution in [0.1, 0.15) is 177 Å². The molecular weight excluding hydrogens is 1570 g/mol. The first kappa shape index (κ1) is 102. The molecule has 1 aliphatic heterocycles. The fraction of sp³-hybridized carbons (Fsp3) is 0.393. The molecule has 34 heteroatoms. The molecule has 8 amide bonds. The number of benzene rings is 7. The van der Waals surface area contributed by atoms with Crippen LogP contribution in [0, 0.1) is 0 Å². The molecule has 7 aromatic carbocycles. The Morgan fingerprint density at radius 3 is 1.23 bits per heavy atom. The monoisotopic (exact) mass is 1700 g/mol. The highest BCUT2D eigenvalue weighted by molar-refractivity contribution is 6.03. The van der Waals surface area contributed by atoms with Gasteiger partial charge in [0.2, 0.25) is 5.91 Å². The maximum Gasteiger partial charge on any atom is 0.250 e. The molecule has 0 spiro atoms. The van der Waals surface area contributed by atoms with Crippen LogP contribution in [0.4, 0.5) is 79.6 Å². The standard InChI is InChI=1S/C14H21N3O2.C13H20N4O2.C13H15N3O2.2C13H21N3O.C12H19N3O2.C11H15N3O2/c15-13-6-5-11(9-12(13)14(16)19)17(7-8-18)10-3-1-2-4-10;1-4-17(8-12(18)16(2)3)9-5-6-11(14)10(7-9)13(15)19;1-16(7-9-4-5-18-8-9)10-2-3-12(14)11(6-10)13(15)17;1-4-7-16(9(2)3)10-5-6-12(14)11(8-10)13(15)17;1-3-7-16(8-4-2)10-5-6-12(14)11(9-10)13(15)17;1-15(6-3-7-17-2)9-4-5-11(13)10(8-9)12(14)16;12-10-2-1-7(5-9(10)11(13)16)14-4-3-8(15)6-14/h5-6,9-10,18H,1-4,7-8,15H2,(H2,16,19);5-7H,4,8,14H2,1-3H3,(H2,15,19);2-6,8H,7,14H2,1H3,(H2,15,17);5-6,8-9H,4,7,14H2,1-3H3,(H2,15,17);5-6,9H,3-4,7-8,14H2,1-2H3,(H2,15,17);4-5,8H,3,6-7,13H2,1-2H3,(H2,14,16);1-2,5,8,15H,3-4,6,12H2,(H2,13,16). The lowest BCUT2D eigenvalue weighted by Gasteiger charge is -2.31. The molecule has 10 rings (SSSR count). The summed E-state index contributed by atoms with van der Waals surface area (Å²) in [4.78, 5) is 106. The Balaban J connectivity index is 0.000000301. The molecule has 1 aromatic heterocycles. The predicted octanol–water partition coefficient (Wildman–Crippen LogP) is 7.75. The molecule has 2 aliphatic rings. The maximum atomic E-state index is 11.7. The number of amides is 8. The van der Waals surface area contributed by atoms with Crippen molar-refractivity contribution in [3.63, 3.8) is 0 Å². The maximum absolute atomic E-state index is 11.7. The number of likely N-dealkylation sites (N-methyl/N-ethyl adjacent to an activating group) is 2. The highest BCUT2D eigenvalue weighted by Gasteiger charge is 2.26. The number of nitrogen functional groups attached to an aromatic ring is 7. The van der Waals surface area contributed by atoms with E-state index >= 15 is 0 Å². The molecule has 1 saturated carbocycles. The van der Waals surface area contributed by atoms with Crippen molar-refractivity contribution >= 4 is 127 Å². The van der Waals surface area contributed by atoms with Crippen LogP contribution in [0.2, 0.25) is 0 Å². The van der Waals surface area contributed by atoms with Crippen molar-refractivity contribution in [2.45, 2.75) is 124 Å². The van der Waals surface area contributed by atoms with Gasteiger partial charge in [-0.05, 0) is 199 Å². The van der Waals surface area contributed by atoms with Crippen LogP contribution in [0.25, 0.3) is 0 Å². The number of aliphatic hydroxyl groups excluding tert-OH is 2. The topological polar surface area (TPSA) is 590 Å². The number of nitrogens with zero attached hydrogens (tertiary/aromatic N) is 8. The van der Waals surface area contributed by atoms with E-state index in [4.69, 9.17) is 89.4 Å².